The predicted octanol–water partition coefficient (Wildman–Crippen LogP) is 0.0823. The van der Waals surface area contributed by atoms with E-state index >= 15 is 0 Å². The van der Waals surface area contributed by atoms with Crippen LogP contribution in [-0.2, 0) is 0 Å². The van der Waals surface area contributed by atoms with Crippen LogP contribution < -0.4 is 5.32 Å². The van der Waals surface area contributed by atoms with Gasteiger partial charge in [0, 0.05) is 26.1 Å². The molecule has 1 unspecified atom stereocenters. The fourth-order valence-corrected chi connectivity index (χ4v) is 1.88. The van der Waals surface area contributed by atoms with Gasteiger partial charge in [-0.25, -0.2) is 0 Å². The first kappa shape index (κ1) is 7.10. The molecule has 0 radical (unpaired) electrons. The van der Waals surface area contributed by atoms with E-state index in [4.69, 9.17) is 0 Å². The van der Waals surface area contributed by atoms with Crippen LogP contribution in [0.1, 0.15) is 13.3 Å². The van der Waals surface area contributed by atoms with E-state index in [2.05, 4.69) is 22.1 Å². The van der Waals surface area contributed by atoms with E-state index in [0.717, 1.165) is 32.6 Å². The summed E-state index contributed by atoms with van der Waals surface area (Å²) in [4.78, 5) is 6.96. The van der Waals surface area contributed by atoms with Crippen LogP contribution in [0.4, 0.5) is 0 Å². The summed E-state index contributed by atoms with van der Waals surface area (Å²) in [6.45, 7) is 6.58. The molecule has 2 heterocycles. The van der Waals surface area contributed by atoms with Crippen LogP contribution in [0.25, 0.3) is 0 Å². The van der Waals surface area contributed by atoms with Crippen LogP contribution in [0, 0.1) is 0 Å². The third-order valence-corrected chi connectivity index (χ3v) is 2.48. The minimum Gasteiger partial charge on any atom is -0.353 e. The van der Waals surface area contributed by atoms with Gasteiger partial charge in [-0.3, -0.25) is 4.99 Å². The maximum Gasteiger partial charge on any atom is 0.0991 e. The molecule has 11 heavy (non-hydrogen) atoms. The molecule has 1 saturated heterocycles. The van der Waals surface area contributed by atoms with Crippen LogP contribution in [0.2, 0.25) is 0 Å². The van der Waals surface area contributed by atoms with Crippen LogP contribution in [0.15, 0.2) is 4.99 Å². The van der Waals surface area contributed by atoms with Crippen molar-refractivity contribution in [1.29, 1.82) is 0 Å². The number of aliphatic imine (C=N–C) groups is 1. The molecule has 1 atom stereocenters. The van der Waals surface area contributed by atoms with E-state index in [1.54, 1.807) is 0 Å². The van der Waals surface area contributed by atoms with E-state index in [1.807, 2.05) is 0 Å². The third-order valence-electron chi connectivity index (χ3n) is 2.48. The van der Waals surface area contributed by atoms with E-state index in [1.165, 1.54) is 5.84 Å². The Kier molecular flexibility index (Phi) is 1.82. The maximum atomic E-state index is 4.50. The van der Waals surface area contributed by atoms with Gasteiger partial charge in [-0.15, -0.1) is 0 Å². The zero-order valence-corrected chi connectivity index (χ0v) is 7.01. The first-order valence-corrected chi connectivity index (χ1v) is 4.42. The first-order valence-electron chi connectivity index (χ1n) is 4.42. The molecule has 0 saturated carbocycles. The van der Waals surface area contributed by atoms with Crippen molar-refractivity contribution in [2.24, 2.45) is 4.99 Å². The molecule has 3 heteroatoms. The smallest absolute Gasteiger partial charge is 0.0991 e. The molecule has 0 amide bonds. The van der Waals surface area contributed by atoms with Gasteiger partial charge in [-0.2, -0.15) is 0 Å². The Labute approximate surface area is 67.5 Å². The van der Waals surface area contributed by atoms with Crippen molar-refractivity contribution in [3.63, 3.8) is 0 Å². The Hall–Kier alpha value is -0.570. The molecule has 62 valence electrons. The van der Waals surface area contributed by atoms with E-state index in [0.29, 0.717) is 6.04 Å². The van der Waals surface area contributed by atoms with Gasteiger partial charge in [0.05, 0.1) is 18.4 Å². The number of hydrogen-bond acceptors (Lipinski definition) is 3. The monoisotopic (exact) mass is 153 g/mol. The average molecular weight is 153 g/mol. The van der Waals surface area contributed by atoms with Crippen LogP contribution in [0.3, 0.4) is 0 Å². The number of hydrogen-bond donors (Lipinski definition) is 1. The van der Waals surface area contributed by atoms with Crippen LogP contribution in [0.5, 0.6) is 0 Å². The van der Waals surface area contributed by atoms with Crippen molar-refractivity contribution in [3.05, 3.63) is 0 Å². The number of piperazine rings is 1. The quantitative estimate of drug-likeness (QED) is 0.578. The largest absolute Gasteiger partial charge is 0.353 e. The van der Waals surface area contributed by atoms with Gasteiger partial charge in [0.25, 0.3) is 0 Å². The molecule has 2 aliphatic rings. The molecule has 0 aromatic rings. The molecule has 3 nitrogen and oxygen atoms in total. The Balaban J connectivity index is 2.05. The number of rotatable bonds is 1. The highest BCUT2D eigenvalue weighted by Crippen LogP contribution is 2.13. The molecule has 2 aliphatic heterocycles. The molecule has 1 fully saturated rings. The summed E-state index contributed by atoms with van der Waals surface area (Å²) in [6, 6.07) is 0.665. The molecule has 0 aromatic carbocycles. The summed E-state index contributed by atoms with van der Waals surface area (Å²) in [5.74, 6) is 1.32. The summed E-state index contributed by atoms with van der Waals surface area (Å²) in [5.41, 5.74) is 0. The number of amidine groups is 1. The van der Waals surface area contributed by atoms with E-state index in [9.17, 15) is 0 Å². The standard InChI is InChI=1S/C8H15N3/c1-2-8-10-6-7-5-9-3-4-11(7)8/h7,9H,2-6H2,1H3. The van der Waals surface area contributed by atoms with Gasteiger partial charge in [0.1, 0.15) is 0 Å². The number of nitrogens with zero attached hydrogens (tertiary/aromatic N) is 2. The van der Waals surface area contributed by atoms with Gasteiger partial charge < -0.3 is 10.2 Å². The summed E-state index contributed by atoms with van der Waals surface area (Å²) in [7, 11) is 0. The van der Waals surface area contributed by atoms with Crippen molar-refractivity contribution >= 4 is 5.84 Å². The second kappa shape index (κ2) is 2.81. The van der Waals surface area contributed by atoms with Crippen LogP contribution in [-0.4, -0.2) is 43.0 Å². The van der Waals surface area contributed by atoms with Gasteiger partial charge >= 0.3 is 0 Å². The minimum atomic E-state index is 0.665. The van der Waals surface area contributed by atoms with E-state index in [-0.39, 0.29) is 0 Å². The molecule has 2 rings (SSSR count). The van der Waals surface area contributed by atoms with Crippen molar-refractivity contribution in [2.45, 2.75) is 19.4 Å². The lowest BCUT2D eigenvalue weighted by molar-refractivity contribution is 0.281. The highest BCUT2D eigenvalue weighted by Gasteiger charge is 2.27. The highest BCUT2D eigenvalue weighted by molar-refractivity contribution is 5.84. The molecular weight excluding hydrogens is 138 g/mol. The topological polar surface area (TPSA) is 27.6 Å². The van der Waals surface area contributed by atoms with Gasteiger partial charge in [0.2, 0.25) is 0 Å². The van der Waals surface area contributed by atoms with Gasteiger partial charge in [0.15, 0.2) is 0 Å². The molecular formula is C8H15N3. The zero-order valence-electron chi connectivity index (χ0n) is 7.01. The average Bonchev–Trinajstić information content (AvgIpc) is 2.47. The van der Waals surface area contributed by atoms with Gasteiger partial charge in [-0.1, -0.05) is 6.92 Å². The molecule has 1 N–H and O–H groups in total. The fraction of sp³-hybridized carbons (Fsp3) is 0.875. The second-order valence-corrected chi connectivity index (χ2v) is 3.16. The Morgan fingerprint density at radius 1 is 1.73 bits per heavy atom. The summed E-state index contributed by atoms with van der Waals surface area (Å²) < 4.78 is 0. The third kappa shape index (κ3) is 1.13. The first-order chi connectivity index (χ1) is 5.42. The molecule has 0 spiro atoms. The normalized spacial score (nSPS) is 30.1. The fourth-order valence-electron chi connectivity index (χ4n) is 1.88. The van der Waals surface area contributed by atoms with Crippen molar-refractivity contribution in [1.82, 2.24) is 10.2 Å². The van der Waals surface area contributed by atoms with E-state index < -0.39 is 0 Å². The Morgan fingerprint density at radius 3 is 3.45 bits per heavy atom. The van der Waals surface area contributed by atoms with Crippen molar-refractivity contribution in [3.8, 4) is 0 Å². The lowest BCUT2D eigenvalue weighted by atomic mass is 10.2. The van der Waals surface area contributed by atoms with Gasteiger partial charge in [-0.05, 0) is 0 Å². The lowest BCUT2D eigenvalue weighted by Gasteiger charge is -2.32. The minimum absolute atomic E-state index is 0.665. The summed E-state index contributed by atoms with van der Waals surface area (Å²) >= 11 is 0. The maximum absolute atomic E-state index is 4.50. The second-order valence-electron chi connectivity index (χ2n) is 3.16. The number of fused-ring (bicyclic) bond motifs is 1. The zero-order chi connectivity index (χ0) is 7.68. The molecule has 0 aromatic heterocycles. The van der Waals surface area contributed by atoms with Crippen molar-refractivity contribution in [2.75, 3.05) is 26.2 Å². The van der Waals surface area contributed by atoms with Crippen molar-refractivity contribution < 1.29 is 0 Å². The highest BCUT2D eigenvalue weighted by atomic mass is 15.3. The lowest BCUT2D eigenvalue weighted by Crippen LogP contribution is -2.51. The predicted molar refractivity (Wildman–Crippen MR) is 46.0 cm³/mol. The van der Waals surface area contributed by atoms with Crippen LogP contribution >= 0.6 is 0 Å². The summed E-state index contributed by atoms with van der Waals surface area (Å²) in [5, 5.41) is 3.39. The molecule has 0 aliphatic carbocycles. The number of nitrogens with one attached hydrogen (secondary N) is 1. The Bertz CT molecular complexity index is 176. The summed E-state index contributed by atoms with van der Waals surface area (Å²) in [6.07, 6.45) is 1.09. The SMILES string of the molecule is CCC1=NCC2CNCCN12. The molecule has 0 bridgehead atoms. The Morgan fingerprint density at radius 2 is 2.64 bits per heavy atom.